The van der Waals surface area contributed by atoms with Gasteiger partial charge in [-0.3, -0.25) is 4.79 Å². The number of amidine groups is 1. The number of amides is 1. The minimum atomic E-state index is -3.67. The second kappa shape index (κ2) is 7.70. The van der Waals surface area contributed by atoms with Crippen molar-refractivity contribution in [2.45, 2.75) is 30.7 Å². The highest BCUT2D eigenvalue weighted by Gasteiger charge is 2.24. The Morgan fingerprint density at radius 2 is 1.77 bits per heavy atom. The van der Waals surface area contributed by atoms with Crippen molar-refractivity contribution in [1.82, 2.24) is 4.90 Å². The van der Waals surface area contributed by atoms with Crippen LogP contribution in [0.4, 0.5) is 5.69 Å². The molecule has 1 amide bonds. The Bertz CT molecular complexity index is 924. The second-order valence-electron chi connectivity index (χ2n) is 6.22. The SMILES string of the molecule is CN(Cc1ccccc1)C(=O)CCCC1=NS(=O)(=O)c2ccccc2N1. The standard InChI is InChI=1S/C19H21N3O3S/c1-22(14-15-8-3-2-4-9-15)19(23)13-7-12-18-20-16-10-5-6-11-17(16)26(24,25)21-18/h2-6,8-11H,7,12-14H2,1H3,(H,20,21). The molecule has 0 fully saturated rings. The molecule has 0 saturated heterocycles. The minimum Gasteiger partial charge on any atom is -0.342 e. The Morgan fingerprint density at radius 3 is 2.54 bits per heavy atom. The fourth-order valence-electron chi connectivity index (χ4n) is 2.82. The first-order valence-electron chi connectivity index (χ1n) is 8.43. The molecule has 1 aliphatic heterocycles. The fraction of sp³-hybridized carbons (Fsp3) is 0.263. The topological polar surface area (TPSA) is 78.8 Å². The van der Waals surface area contributed by atoms with Crippen LogP contribution in [-0.2, 0) is 21.4 Å². The quantitative estimate of drug-likeness (QED) is 0.846. The van der Waals surface area contributed by atoms with Crippen LogP contribution in [0.3, 0.4) is 0 Å². The van der Waals surface area contributed by atoms with Crippen LogP contribution in [0, 0.1) is 0 Å². The number of anilines is 1. The monoisotopic (exact) mass is 371 g/mol. The molecule has 1 N–H and O–H groups in total. The van der Waals surface area contributed by atoms with E-state index in [4.69, 9.17) is 0 Å². The van der Waals surface area contributed by atoms with Gasteiger partial charge in [0.1, 0.15) is 10.7 Å². The second-order valence-corrected chi connectivity index (χ2v) is 7.80. The number of carbonyl (C=O) groups excluding carboxylic acids is 1. The van der Waals surface area contributed by atoms with Gasteiger partial charge in [-0.15, -0.1) is 4.40 Å². The maximum atomic E-state index is 12.3. The Kier molecular flexibility index (Phi) is 5.37. The maximum absolute atomic E-state index is 12.3. The van der Waals surface area contributed by atoms with Crippen molar-refractivity contribution in [1.29, 1.82) is 0 Å². The first-order valence-corrected chi connectivity index (χ1v) is 9.87. The maximum Gasteiger partial charge on any atom is 0.286 e. The van der Waals surface area contributed by atoms with Crippen LogP contribution in [0.25, 0.3) is 0 Å². The van der Waals surface area contributed by atoms with Crippen molar-refractivity contribution in [3.05, 3.63) is 60.2 Å². The van der Waals surface area contributed by atoms with E-state index in [-0.39, 0.29) is 10.8 Å². The molecule has 1 heterocycles. The highest BCUT2D eigenvalue weighted by atomic mass is 32.2. The summed E-state index contributed by atoms with van der Waals surface area (Å²) < 4.78 is 28.2. The molecule has 0 bridgehead atoms. The first kappa shape index (κ1) is 18.1. The van der Waals surface area contributed by atoms with Crippen LogP contribution >= 0.6 is 0 Å². The summed E-state index contributed by atoms with van der Waals surface area (Å²) in [7, 11) is -1.90. The molecule has 2 aromatic rings. The molecule has 1 aliphatic rings. The van der Waals surface area contributed by atoms with Gasteiger partial charge in [0, 0.05) is 26.4 Å². The largest absolute Gasteiger partial charge is 0.342 e. The van der Waals surface area contributed by atoms with Gasteiger partial charge in [0.15, 0.2) is 0 Å². The van der Waals surface area contributed by atoms with Gasteiger partial charge < -0.3 is 10.2 Å². The summed E-state index contributed by atoms with van der Waals surface area (Å²) in [5.74, 6) is 0.399. The molecule has 0 spiro atoms. The number of sulfonamides is 1. The smallest absolute Gasteiger partial charge is 0.286 e. The zero-order valence-corrected chi connectivity index (χ0v) is 15.4. The van der Waals surface area contributed by atoms with E-state index in [0.29, 0.717) is 37.3 Å². The molecule has 6 nitrogen and oxygen atoms in total. The Balaban J connectivity index is 1.54. The van der Waals surface area contributed by atoms with Crippen LogP contribution in [0.2, 0.25) is 0 Å². The number of rotatable bonds is 6. The lowest BCUT2D eigenvalue weighted by Gasteiger charge is -2.19. The van der Waals surface area contributed by atoms with Crippen molar-refractivity contribution < 1.29 is 13.2 Å². The fourth-order valence-corrected chi connectivity index (χ4v) is 3.99. The van der Waals surface area contributed by atoms with Crippen molar-refractivity contribution in [3.8, 4) is 0 Å². The van der Waals surface area contributed by atoms with Crippen LogP contribution in [0.1, 0.15) is 24.8 Å². The lowest BCUT2D eigenvalue weighted by Crippen LogP contribution is -2.26. The Morgan fingerprint density at radius 1 is 1.08 bits per heavy atom. The molecule has 0 aliphatic carbocycles. The summed E-state index contributed by atoms with van der Waals surface area (Å²) in [5.41, 5.74) is 1.61. The summed E-state index contributed by atoms with van der Waals surface area (Å²) >= 11 is 0. The van der Waals surface area contributed by atoms with Crippen molar-refractivity contribution in [2.75, 3.05) is 12.4 Å². The summed E-state index contributed by atoms with van der Waals surface area (Å²) in [5, 5.41) is 3.04. The Hall–Kier alpha value is -2.67. The normalized spacial score (nSPS) is 14.7. The average Bonchev–Trinajstić information content (AvgIpc) is 2.62. The number of hydrogen-bond donors (Lipinski definition) is 1. The van der Waals surface area contributed by atoms with Crippen LogP contribution in [0.15, 0.2) is 63.9 Å². The van der Waals surface area contributed by atoms with E-state index in [1.165, 1.54) is 6.07 Å². The van der Waals surface area contributed by atoms with Crippen molar-refractivity contribution in [2.24, 2.45) is 4.40 Å². The van der Waals surface area contributed by atoms with Gasteiger partial charge in [-0.2, -0.15) is 8.42 Å². The summed E-state index contributed by atoms with van der Waals surface area (Å²) in [6.45, 7) is 0.556. The molecule has 136 valence electrons. The van der Waals surface area contributed by atoms with Gasteiger partial charge in [-0.1, -0.05) is 42.5 Å². The highest BCUT2D eigenvalue weighted by molar-refractivity contribution is 7.90. The van der Waals surface area contributed by atoms with E-state index >= 15 is 0 Å². The molecule has 26 heavy (non-hydrogen) atoms. The number of fused-ring (bicyclic) bond motifs is 1. The third-order valence-electron chi connectivity index (χ3n) is 4.17. The molecule has 0 aromatic heterocycles. The van der Waals surface area contributed by atoms with E-state index < -0.39 is 10.0 Å². The van der Waals surface area contributed by atoms with E-state index in [1.807, 2.05) is 30.3 Å². The van der Waals surface area contributed by atoms with Crippen molar-refractivity contribution in [3.63, 3.8) is 0 Å². The van der Waals surface area contributed by atoms with Crippen molar-refractivity contribution >= 4 is 27.5 Å². The first-order chi connectivity index (χ1) is 12.5. The number of benzene rings is 2. The predicted octanol–water partition coefficient (Wildman–Crippen LogP) is 3.03. The van der Waals surface area contributed by atoms with E-state index in [9.17, 15) is 13.2 Å². The summed E-state index contributed by atoms with van der Waals surface area (Å²) in [6.07, 6.45) is 1.27. The van der Waals surface area contributed by atoms with Gasteiger partial charge in [-0.25, -0.2) is 0 Å². The number of hydrogen-bond acceptors (Lipinski definition) is 4. The zero-order valence-electron chi connectivity index (χ0n) is 14.6. The van der Waals surface area contributed by atoms with Gasteiger partial charge in [-0.05, 0) is 24.1 Å². The minimum absolute atomic E-state index is 0.0218. The molecular weight excluding hydrogens is 350 g/mol. The van der Waals surface area contributed by atoms with Gasteiger partial charge >= 0.3 is 0 Å². The summed E-state index contributed by atoms with van der Waals surface area (Å²) in [6, 6.07) is 16.5. The molecular formula is C19H21N3O3S. The molecule has 7 heteroatoms. The number of para-hydroxylation sites is 1. The van der Waals surface area contributed by atoms with Gasteiger partial charge in [0.05, 0.1) is 5.69 Å². The highest BCUT2D eigenvalue weighted by Crippen LogP contribution is 2.27. The van der Waals surface area contributed by atoms with E-state index in [0.717, 1.165) is 5.56 Å². The predicted molar refractivity (Wildman–Crippen MR) is 101 cm³/mol. The summed E-state index contributed by atoms with van der Waals surface area (Å²) in [4.78, 5) is 14.1. The van der Waals surface area contributed by atoms with Gasteiger partial charge in [0.2, 0.25) is 5.91 Å². The average molecular weight is 371 g/mol. The third kappa shape index (κ3) is 4.29. The molecule has 3 rings (SSSR count). The van der Waals surface area contributed by atoms with Crippen LogP contribution < -0.4 is 5.32 Å². The molecule has 0 atom stereocenters. The van der Waals surface area contributed by atoms with Crippen LogP contribution in [0.5, 0.6) is 0 Å². The van der Waals surface area contributed by atoms with Crippen LogP contribution in [-0.4, -0.2) is 32.1 Å². The van der Waals surface area contributed by atoms with E-state index in [1.54, 1.807) is 30.1 Å². The lowest BCUT2D eigenvalue weighted by atomic mass is 10.2. The molecule has 0 radical (unpaired) electrons. The number of carbonyl (C=O) groups is 1. The molecule has 2 aromatic carbocycles. The zero-order chi connectivity index (χ0) is 18.6. The van der Waals surface area contributed by atoms with E-state index in [2.05, 4.69) is 9.71 Å². The number of nitrogens with one attached hydrogen (secondary N) is 1. The third-order valence-corrected chi connectivity index (χ3v) is 5.54. The lowest BCUT2D eigenvalue weighted by molar-refractivity contribution is -0.130. The van der Waals surface area contributed by atoms with Gasteiger partial charge in [0.25, 0.3) is 10.0 Å². The Labute approximate surface area is 153 Å². The molecule has 0 saturated carbocycles. The molecule has 0 unspecified atom stereocenters. The number of nitrogens with zero attached hydrogens (tertiary/aromatic N) is 2.